The zero-order chi connectivity index (χ0) is 20.3. The van der Waals surface area contributed by atoms with Crippen molar-refractivity contribution in [2.45, 2.75) is 70.1 Å². The molecular weight excluding hydrogens is 375 g/mol. The summed E-state index contributed by atoms with van der Waals surface area (Å²) >= 11 is 0. The van der Waals surface area contributed by atoms with Crippen molar-refractivity contribution >= 4 is 5.95 Å². The van der Waals surface area contributed by atoms with Crippen LogP contribution in [0.2, 0.25) is 0 Å². The normalized spacial score (nSPS) is 21.6. The fourth-order valence-corrected chi connectivity index (χ4v) is 4.37. The molecule has 1 atom stereocenters. The van der Waals surface area contributed by atoms with Crippen LogP contribution in [0.4, 0.5) is 19.1 Å². The number of aromatic nitrogens is 3. The maximum atomic E-state index is 12.5. The van der Waals surface area contributed by atoms with E-state index in [4.69, 9.17) is 0 Å². The summed E-state index contributed by atoms with van der Waals surface area (Å²) in [5.41, 5.74) is -1.22. The Bertz CT molecular complexity index is 730. The zero-order valence-electron chi connectivity index (χ0n) is 16.1. The molecule has 2 fully saturated rings. The Morgan fingerprint density at radius 1 is 1.14 bits per heavy atom. The Balaban J connectivity index is 1.64. The van der Waals surface area contributed by atoms with E-state index < -0.39 is 30.1 Å². The van der Waals surface area contributed by atoms with Gasteiger partial charge in [-0.3, -0.25) is 9.88 Å². The zero-order valence-corrected chi connectivity index (χ0v) is 16.1. The van der Waals surface area contributed by atoms with Crippen LogP contribution < -0.4 is 16.7 Å². The van der Waals surface area contributed by atoms with Gasteiger partial charge < -0.3 is 5.32 Å². The summed E-state index contributed by atoms with van der Waals surface area (Å²) in [6, 6.07) is -0.331. The second kappa shape index (κ2) is 8.67. The van der Waals surface area contributed by atoms with Crippen molar-refractivity contribution < 1.29 is 13.2 Å². The third kappa shape index (κ3) is 5.36. The van der Waals surface area contributed by atoms with Crippen LogP contribution in [0, 0.1) is 5.92 Å². The largest absolute Gasteiger partial charge is 0.401 e. The Hall–Kier alpha value is -1.84. The molecule has 0 aromatic carbocycles. The number of likely N-dealkylation sites (tertiary alicyclic amines) is 1. The molecule has 1 saturated carbocycles. The predicted molar refractivity (Wildman–Crippen MR) is 99.5 cm³/mol. The minimum Gasteiger partial charge on any atom is -0.353 e. The Morgan fingerprint density at radius 2 is 1.79 bits per heavy atom. The number of nitrogens with one attached hydrogen (secondary N) is 2. The number of alkyl halides is 3. The van der Waals surface area contributed by atoms with Crippen LogP contribution in [-0.4, -0.2) is 51.3 Å². The van der Waals surface area contributed by atoms with Crippen molar-refractivity contribution in [3.05, 3.63) is 21.0 Å². The number of rotatable bonds is 5. The number of nitrogens with zero attached hydrogens (tertiary/aromatic N) is 3. The molecule has 0 unspecified atom stereocenters. The molecule has 3 rings (SSSR count). The van der Waals surface area contributed by atoms with Crippen LogP contribution in [-0.2, 0) is 0 Å². The molecule has 1 aromatic heterocycles. The van der Waals surface area contributed by atoms with Crippen LogP contribution in [0.1, 0.15) is 57.9 Å². The van der Waals surface area contributed by atoms with E-state index >= 15 is 0 Å². The van der Waals surface area contributed by atoms with Crippen LogP contribution >= 0.6 is 0 Å². The number of halogens is 3. The van der Waals surface area contributed by atoms with E-state index in [1.54, 1.807) is 0 Å². The Kier molecular flexibility index (Phi) is 6.47. The molecule has 1 aliphatic heterocycles. The van der Waals surface area contributed by atoms with E-state index in [1.807, 2.05) is 6.92 Å². The van der Waals surface area contributed by atoms with Crippen LogP contribution in [0.25, 0.3) is 0 Å². The van der Waals surface area contributed by atoms with Crippen molar-refractivity contribution in [3.63, 3.8) is 0 Å². The van der Waals surface area contributed by atoms with Gasteiger partial charge in [-0.05, 0) is 38.5 Å². The topological polar surface area (TPSA) is 83.0 Å². The van der Waals surface area contributed by atoms with Crippen molar-refractivity contribution in [1.82, 2.24) is 19.4 Å². The van der Waals surface area contributed by atoms with Crippen LogP contribution in [0.5, 0.6) is 0 Å². The Labute approximate surface area is 161 Å². The molecular formula is C18H28F3N5O2. The monoisotopic (exact) mass is 403 g/mol. The third-order valence-electron chi connectivity index (χ3n) is 5.90. The van der Waals surface area contributed by atoms with Gasteiger partial charge in [0.25, 0.3) is 0 Å². The van der Waals surface area contributed by atoms with Crippen LogP contribution in [0.3, 0.4) is 0 Å². The highest BCUT2D eigenvalue weighted by atomic mass is 19.4. The Morgan fingerprint density at radius 3 is 2.36 bits per heavy atom. The summed E-state index contributed by atoms with van der Waals surface area (Å²) in [4.78, 5) is 32.8. The van der Waals surface area contributed by atoms with Gasteiger partial charge in [0, 0.05) is 25.2 Å². The summed E-state index contributed by atoms with van der Waals surface area (Å²) in [6.07, 6.45) is 2.24. The van der Waals surface area contributed by atoms with E-state index in [-0.39, 0.29) is 25.1 Å². The lowest BCUT2D eigenvalue weighted by Gasteiger charge is -2.32. The van der Waals surface area contributed by atoms with E-state index in [9.17, 15) is 22.8 Å². The fourth-order valence-electron chi connectivity index (χ4n) is 4.37. The third-order valence-corrected chi connectivity index (χ3v) is 5.90. The number of piperidine rings is 1. The number of hydrogen-bond acceptors (Lipinski definition) is 5. The lowest BCUT2D eigenvalue weighted by molar-refractivity contribution is -0.148. The second-order valence-electron chi connectivity index (χ2n) is 8.00. The number of anilines is 1. The van der Waals surface area contributed by atoms with E-state index in [0.717, 1.165) is 17.4 Å². The molecule has 10 heteroatoms. The molecule has 158 valence electrons. The molecule has 1 aromatic rings. The first-order valence-electron chi connectivity index (χ1n) is 10.0. The van der Waals surface area contributed by atoms with E-state index in [1.165, 1.54) is 24.2 Å². The molecule has 0 bridgehead atoms. The van der Waals surface area contributed by atoms with Crippen molar-refractivity contribution in [3.8, 4) is 0 Å². The molecule has 7 nitrogen and oxygen atoms in total. The minimum atomic E-state index is -4.24. The first-order chi connectivity index (χ1) is 13.2. The molecule has 1 aliphatic carbocycles. The maximum absolute atomic E-state index is 12.5. The molecule has 2 heterocycles. The quantitative estimate of drug-likeness (QED) is 0.789. The molecule has 2 aliphatic rings. The van der Waals surface area contributed by atoms with E-state index in [0.29, 0.717) is 18.8 Å². The lowest BCUT2D eigenvalue weighted by atomic mass is 9.85. The van der Waals surface area contributed by atoms with Crippen molar-refractivity contribution in [2.75, 3.05) is 25.0 Å². The minimum absolute atomic E-state index is 0.101. The van der Waals surface area contributed by atoms with Crippen LogP contribution in [0.15, 0.2) is 9.59 Å². The van der Waals surface area contributed by atoms with Crippen molar-refractivity contribution in [2.24, 2.45) is 5.92 Å². The van der Waals surface area contributed by atoms with Gasteiger partial charge in [-0.1, -0.05) is 19.3 Å². The summed E-state index contributed by atoms with van der Waals surface area (Å²) in [5.74, 6) is 0.651. The van der Waals surface area contributed by atoms with Gasteiger partial charge in [-0.15, -0.1) is 0 Å². The molecule has 28 heavy (non-hydrogen) atoms. The second-order valence-corrected chi connectivity index (χ2v) is 8.00. The maximum Gasteiger partial charge on any atom is 0.401 e. The highest BCUT2D eigenvalue weighted by molar-refractivity contribution is 5.23. The smallest absolute Gasteiger partial charge is 0.353 e. The molecule has 2 N–H and O–H groups in total. The number of aromatic amines is 1. The predicted octanol–water partition coefficient (Wildman–Crippen LogP) is 2.51. The standard InChI is InChI=1S/C18H28F3N5O2/c1-12(13-5-3-2-4-6-13)22-15-23-16(27)26(17(28)24-15)14-7-9-25(10-8-14)11-18(19,20)21/h12-14H,2-11H2,1H3,(H2,22,23,24,27,28)/t12-/m0/s1. The first-order valence-corrected chi connectivity index (χ1v) is 10.0. The lowest BCUT2D eigenvalue weighted by Crippen LogP contribution is -2.46. The molecule has 0 spiro atoms. The molecule has 0 amide bonds. The van der Waals surface area contributed by atoms with E-state index in [2.05, 4.69) is 15.3 Å². The van der Waals surface area contributed by atoms with Gasteiger partial charge >= 0.3 is 17.6 Å². The number of H-pyrrole nitrogens is 1. The average molecular weight is 403 g/mol. The average Bonchev–Trinajstić information content (AvgIpc) is 2.62. The SMILES string of the molecule is C[C@H](Nc1nc(=O)n(C2CCN(CC(F)(F)F)CC2)c(=O)[nH]1)C1CCCCC1. The van der Waals surface area contributed by atoms with Gasteiger partial charge in [-0.25, -0.2) is 14.2 Å². The molecule has 0 radical (unpaired) electrons. The van der Waals surface area contributed by atoms with Gasteiger partial charge in [0.05, 0.1) is 6.54 Å². The summed E-state index contributed by atoms with van der Waals surface area (Å²) in [6.45, 7) is 1.44. The fraction of sp³-hybridized carbons (Fsp3) is 0.833. The highest BCUT2D eigenvalue weighted by Crippen LogP contribution is 2.27. The summed E-state index contributed by atoms with van der Waals surface area (Å²) in [5, 5.41) is 3.14. The van der Waals surface area contributed by atoms with Crippen molar-refractivity contribution in [1.29, 1.82) is 0 Å². The van der Waals surface area contributed by atoms with Gasteiger partial charge in [0.2, 0.25) is 5.95 Å². The van der Waals surface area contributed by atoms with Gasteiger partial charge in [0.1, 0.15) is 0 Å². The molecule has 1 saturated heterocycles. The summed E-state index contributed by atoms with van der Waals surface area (Å²) < 4.78 is 38.6. The summed E-state index contributed by atoms with van der Waals surface area (Å²) in [7, 11) is 0. The number of hydrogen-bond donors (Lipinski definition) is 2. The van der Waals surface area contributed by atoms with Gasteiger partial charge in [-0.2, -0.15) is 18.2 Å². The highest BCUT2D eigenvalue weighted by Gasteiger charge is 2.33. The first kappa shape index (κ1) is 20.9. The van der Waals surface area contributed by atoms with Gasteiger partial charge in [0.15, 0.2) is 0 Å².